The monoisotopic (exact) mass is 295 g/mol. The van der Waals surface area contributed by atoms with Crippen LogP contribution in [0.2, 0.25) is 0 Å². The Morgan fingerprint density at radius 1 is 1.40 bits per heavy atom. The summed E-state index contributed by atoms with van der Waals surface area (Å²) in [6.07, 6.45) is 0.955. The zero-order valence-corrected chi connectivity index (χ0v) is 11.7. The summed E-state index contributed by atoms with van der Waals surface area (Å²) in [6.45, 7) is 0. The predicted molar refractivity (Wildman–Crippen MR) is 70.0 cm³/mol. The van der Waals surface area contributed by atoms with Crippen LogP contribution in [0.1, 0.15) is 11.5 Å². The third kappa shape index (κ3) is 1.93. The summed E-state index contributed by atoms with van der Waals surface area (Å²) in [5.74, 6) is -1.69. The van der Waals surface area contributed by atoms with Crippen LogP contribution in [0.15, 0.2) is 24.3 Å². The summed E-state index contributed by atoms with van der Waals surface area (Å²) in [5.41, 5.74) is -1.40. The highest BCUT2D eigenvalue weighted by Crippen LogP contribution is 2.62. The van der Waals surface area contributed by atoms with Gasteiger partial charge in [-0.25, -0.2) is 8.42 Å². The average Bonchev–Trinajstić information content (AvgIpc) is 3.09. The summed E-state index contributed by atoms with van der Waals surface area (Å²) < 4.78 is 28.5. The van der Waals surface area contributed by atoms with E-state index in [1.165, 1.54) is 7.11 Å². The molecule has 0 aromatic heterocycles. The molecule has 0 bridgehead atoms. The molecular formula is C13H13NO5S. The molecule has 0 saturated heterocycles. The molecule has 1 aliphatic rings. The Hall–Kier alpha value is -2.07. The van der Waals surface area contributed by atoms with Gasteiger partial charge in [0.15, 0.2) is 15.3 Å². The molecule has 6 nitrogen and oxygen atoms in total. The molecule has 20 heavy (non-hydrogen) atoms. The first-order chi connectivity index (χ1) is 9.29. The molecule has 0 aliphatic heterocycles. The maximum absolute atomic E-state index is 11.7. The van der Waals surface area contributed by atoms with Crippen LogP contribution in [0.4, 0.5) is 0 Å². The average molecular weight is 295 g/mol. The standard InChI is InChI=1S/C13H13NO5S/c1-19-9-5-3-8(4-6-9)10-11(20(2,17)18)13(10,7-14)12(15)16/h3-6,10-11H,1-2H3,(H,15,16)/t10-,11-,13+/m1/s1. The minimum absolute atomic E-state index is 0.505. The third-order valence-electron chi connectivity index (χ3n) is 3.61. The van der Waals surface area contributed by atoms with Gasteiger partial charge in [-0.15, -0.1) is 0 Å². The van der Waals surface area contributed by atoms with E-state index in [4.69, 9.17) is 4.74 Å². The molecule has 0 radical (unpaired) electrons. The summed E-state index contributed by atoms with van der Waals surface area (Å²) in [4.78, 5) is 11.4. The van der Waals surface area contributed by atoms with Crippen molar-refractivity contribution in [2.24, 2.45) is 5.41 Å². The Kier molecular flexibility index (Phi) is 3.22. The van der Waals surface area contributed by atoms with Gasteiger partial charge in [0, 0.05) is 12.2 Å². The predicted octanol–water partition coefficient (Wildman–Crippen LogP) is 0.800. The Balaban J connectivity index is 2.49. The number of sulfone groups is 1. The fourth-order valence-electron chi connectivity index (χ4n) is 2.63. The summed E-state index contributed by atoms with van der Waals surface area (Å²) in [5, 5.41) is 17.2. The number of ether oxygens (including phenoxy) is 1. The van der Waals surface area contributed by atoms with Crippen LogP contribution < -0.4 is 4.74 Å². The van der Waals surface area contributed by atoms with Crippen molar-refractivity contribution in [2.45, 2.75) is 11.2 Å². The fourth-order valence-corrected chi connectivity index (χ4v) is 4.39. The van der Waals surface area contributed by atoms with Crippen molar-refractivity contribution < 1.29 is 23.1 Å². The molecule has 1 N–H and O–H groups in total. The number of nitrogens with zero attached hydrogens (tertiary/aromatic N) is 1. The molecule has 1 aromatic rings. The minimum Gasteiger partial charge on any atom is -0.497 e. The summed E-state index contributed by atoms with van der Waals surface area (Å²) in [6, 6.07) is 8.07. The van der Waals surface area contributed by atoms with Crippen molar-refractivity contribution in [3.63, 3.8) is 0 Å². The van der Waals surface area contributed by atoms with Gasteiger partial charge < -0.3 is 9.84 Å². The molecule has 0 spiro atoms. The van der Waals surface area contributed by atoms with E-state index in [0.29, 0.717) is 11.3 Å². The highest BCUT2D eigenvalue weighted by molar-refractivity contribution is 7.91. The van der Waals surface area contributed by atoms with E-state index in [-0.39, 0.29) is 0 Å². The van der Waals surface area contributed by atoms with E-state index in [0.717, 1.165) is 6.26 Å². The van der Waals surface area contributed by atoms with Crippen LogP contribution >= 0.6 is 0 Å². The van der Waals surface area contributed by atoms with Crippen molar-refractivity contribution in [1.29, 1.82) is 5.26 Å². The van der Waals surface area contributed by atoms with Gasteiger partial charge in [-0.2, -0.15) is 5.26 Å². The molecule has 106 valence electrons. The molecule has 3 atom stereocenters. The van der Waals surface area contributed by atoms with Crippen LogP contribution in [-0.2, 0) is 14.6 Å². The zero-order chi connectivity index (χ0) is 15.1. The number of nitriles is 1. The Bertz CT molecular complexity index is 688. The van der Waals surface area contributed by atoms with Crippen molar-refractivity contribution in [3.05, 3.63) is 29.8 Å². The van der Waals surface area contributed by atoms with Gasteiger partial charge in [0.05, 0.1) is 13.2 Å². The first kappa shape index (κ1) is 14.3. The maximum atomic E-state index is 11.7. The number of aliphatic carboxylic acids is 1. The second-order valence-electron chi connectivity index (χ2n) is 4.79. The molecule has 1 aliphatic carbocycles. The third-order valence-corrected chi connectivity index (χ3v) is 5.17. The SMILES string of the molecule is COc1ccc([C@@H]2[C@@H](S(C)(=O)=O)[C@@]2(C#N)C(=O)O)cc1. The van der Waals surface area contributed by atoms with Crippen LogP contribution in [0.3, 0.4) is 0 Å². The highest BCUT2D eigenvalue weighted by atomic mass is 32.2. The van der Waals surface area contributed by atoms with Gasteiger partial charge in [-0.05, 0) is 17.7 Å². The number of carbonyl (C=O) groups is 1. The Morgan fingerprint density at radius 2 is 1.95 bits per heavy atom. The van der Waals surface area contributed by atoms with E-state index in [9.17, 15) is 23.6 Å². The lowest BCUT2D eigenvalue weighted by atomic mass is 10.0. The Morgan fingerprint density at radius 3 is 2.25 bits per heavy atom. The number of carboxylic acid groups (broad SMARTS) is 1. The molecule has 1 aromatic carbocycles. The molecule has 7 heteroatoms. The van der Waals surface area contributed by atoms with Crippen molar-refractivity contribution in [2.75, 3.05) is 13.4 Å². The van der Waals surface area contributed by atoms with Gasteiger partial charge >= 0.3 is 5.97 Å². The number of benzene rings is 1. The molecule has 1 fully saturated rings. The number of carboxylic acids is 1. The largest absolute Gasteiger partial charge is 0.497 e. The van der Waals surface area contributed by atoms with Gasteiger partial charge in [0.1, 0.15) is 11.0 Å². The zero-order valence-electron chi connectivity index (χ0n) is 10.9. The molecule has 0 heterocycles. The van der Waals surface area contributed by atoms with Gasteiger partial charge in [-0.1, -0.05) is 12.1 Å². The van der Waals surface area contributed by atoms with E-state index in [1.807, 2.05) is 0 Å². The number of methoxy groups -OCH3 is 1. The van der Waals surface area contributed by atoms with Crippen molar-refractivity contribution in [1.82, 2.24) is 0 Å². The van der Waals surface area contributed by atoms with E-state index in [1.54, 1.807) is 30.3 Å². The van der Waals surface area contributed by atoms with Crippen LogP contribution in [0.5, 0.6) is 5.75 Å². The van der Waals surface area contributed by atoms with Crippen molar-refractivity contribution in [3.8, 4) is 11.8 Å². The number of hydrogen-bond acceptors (Lipinski definition) is 5. The normalized spacial score (nSPS) is 28.4. The first-order valence-corrected chi connectivity index (χ1v) is 7.72. The second-order valence-corrected chi connectivity index (χ2v) is 6.95. The van der Waals surface area contributed by atoms with E-state index in [2.05, 4.69) is 0 Å². The number of hydrogen-bond donors (Lipinski definition) is 1. The summed E-state index contributed by atoms with van der Waals surface area (Å²) in [7, 11) is -2.15. The van der Waals surface area contributed by atoms with Crippen LogP contribution in [0, 0.1) is 16.7 Å². The molecule has 0 amide bonds. The van der Waals surface area contributed by atoms with Crippen LogP contribution in [0.25, 0.3) is 0 Å². The highest BCUT2D eigenvalue weighted by Gasteiger charge is 2.76. The van der Waals surface area contributed by atoms with Gasteiger partial charge in [0.25, 0.3) is 0 Å². The van der Waals surface area contributed by atoms with Gasteiger partial charge in [0.2, 0.25) is 0 Å². The second kappa shape index (κ2) is 4.49. The van der Waals surface area contributed by atoms with E-state index < -0.39 is 32.4 Å². The molecular weight excluding hydrogens is 282 g/mol. The lowest BCUT2D eigenvalue weighted by molar-refractivity contribution is -0.141. The molecule has 1 saturated carbocycles. The summed E-state index contributed by atoms with van der Waals surface area (Å²) >= 11 is 0. The quantitative estimate of drug-likeness (QED) is 0.881. The van der Waals surface area contributed by atoms with Crippen molar-refractivity contribution >= 4 is 15.8 Å². The van der Waals surface area contributed by atoms with Gasteiger partial charge in [-0.3, -0.25) is 4.79 Å². The first-order valence-electron chi connectivity index (χ1n) is 5.76. The minimum atomic E-state index is -3.64. The topological polar surface area (TPSA) is 104 Å². The van der Waals surface area contributed by atoms with E-state index >= 15 is 0 Å². The number of rotatable bonds is 4. The smallest absolute Gasteiger partial charge is 0.326 e. The lowest BCUT2D eigenvalue weighted by Gasteiger charge is -2.03. The molecule has 2 rings (SSSR count). The maximum Gasteiger partial charge on any atom is 0.326 e. The lowest BCUT2D eigenvalue weighted by Crippen LogP contribution is -2.21. The molecule has 0 unspecified atom stereocenters. The van der Waals surface area contributed by atoms with Crippen LogP contribution in [-0.4, -0.2) is 38.1 Å². The fraction of sp³-hybridized carbons (Fsp3) is 0.385. The Labute approximate surface area is 116 Å².